The van der Waals surface area contributed by atoms with Gasteiger partial charge in [0.1, 0.15) is 5.75 Å². The smallest absolute Gasteiger partial charge is 0.306 e. The quantitative estimate of drug-likeness (QED) is 0.436. The van der Waals surface area contributed by atoms with Gasteiger partial charge < -0.3 is 20.5 Å². The summed E-state index contributed by atoms with van der Waals surface area (Å²) in [6.07, 6.45) is -0.0626. The number of rotatable bonds is 5. The summed E-state index contributed by atoms with van der Waals surface area (Å²) >= 11 is 10.7. The third kappa shape index (κ3) is 6.42. The maximum Gasteiger partial charge on any atom is 0.306 e. The molecule has 0 fully saturated rings. The number of benzene rings is 1. The van der Waals surface area contributed by atoms with Gasteiger partial charge in [-0.05, 0) is 37.3 Å². The molecule has 0 atom stereocenters. The van der Waals surface area contributed by atoms with Crippen LogP contribution >= 0.6 is 23.8 Å². The highest BCUT2D eigenvalue weighted by atomic mass is 35.5. The summed E-state index contributed by atoms with van der Waals surface area (Å²) in [5, 5.41) is 15.0. The van der Waals surface area contributed by atoms with Gasteiger partial charge in [-0.25, -0.2) is 0 Å². The predicted octanol–water partition coefficient (Wildman–Crippen LogP) is 2.20. The first-order valence-electron chi connectivity index (χ1n) is 6.17. The van der Waals surface area contributed by atoms with Crippen LogP contribution in [0.5, 0.6) is 5.75 Å². The second-order valence-electron chi connectivity index (χ2n) is 3.97. The Bertz CT molecular complexity index is 551. The van der Waals surface area contributed by atoms with Crippen molar-refractivity contribution in [3.8, 4) is 5.75 Å². The molecule has 1 aromatic rings. The zero-order chi connectivity index (χ0) is 15.8. The van der Waals surface area contributed by atoms with E-state index in [4.69, 9.17) is 28.6 Å². The van der Waals surface area contributed by atoms with Gasteiger partial charge in [0.2, 0.25) is 5.91 Å². The number of ether oxygens (including phenoxy) is 1. The summed E-state index contributed by atoms with van der Waals surface area (Å²) in [6, 6.07) is 4.38. The Morgan fingerprint density at radius 2 is 2.10 bits per heavy atom. The molecule has 6 nitrogen and oxygen atoms in total. The molecule has 0 saturated heterocycles. The van der Waals surface area contributed by atoms with Gasteiger partial charge >= 0.3 is 5.97 Å². The Kier molecular flexibility index (Phi) is 6.90. The number of hydrogen-bond acceptors (Lipinski definition) is 5. The molecule has 114 valence electrons. The molecule has 3 N–H and O–H groups in total. The molecule has 0 unspecified atom stereocenters. The highest BCUT2D eigenvalue weighted by Gasteiger charge is 2.10. The number of esters is 1. The van der Waals surface area contributed by atoms with Crippen LogP contribution in [-0.2, 0) is 14.3 Å². The number of phenols is 1. The van der Waals surface area contributed by atoms with Crippen molar-refractivity contribution < 1.29 is 19.4 Å². The Morgan fingerprint density at radius 1 is 1.38 bits per heavy atom. The molecule has 0 aromatic heterocycles. The van der Waals surface area contributed by atoms with Crippen molar-refractivity contribution in [1.82, 2.24) is 5.32 Å². The number of aromatic hydroxyl groups is 1. The van der Waals surface area contributed by atoms with Crippen LogP contribution in [-0.4, -0.2) is 28.7 Å². The zero-order valence-corrected chi connectivity index (χ0v) is 12.9. The minimum Gasteiger partial charge on any atom is -0.506 e. The van der Waals surface area contributed by atoms with Crippen LogP contribution in [0.3, 0.4) is 0 Å². The van der Waals surface area contributed by atoms with Crippen LogP contribution in [0, 0.1) is 0 Å². The molecule has 0 bridgehead atoms. The molecular formula is C13H15ClN2O4S. The highest BCUT2D eigenvalue weighted by Crippen LogP contribution is 2.26. The van der Waals surface area contributed by atoms with Crippen LogP contribution in [0.15, 0.2) is 18.2 Å². The molecule has 0 radical (unpaired) electrons. The van der Waals surface area contributed by atoms with Gasteiger partial charge in [-0.15, -0.1) is 0 Å². The minimum absolute atomic E-state index is 0.00132. The van der Waals surface area contributed by atoms with E-state index in [-0.39, 0.29) is 36.0 Å². The first-order chi connectivity index (χ1) is 9.92. The predicted molar refractivity (Wildman–Crippen MR) is 83.3 cm³/mol. The van der Waals surface area contributed by atoms with Gasteiger partial charge in [-0.1, -0.05) is 11.6 Å². The van der Waals surface area contributed by atoms with Crippen molar-refractivity contribution in [3.63, 3.8) is 0 Å². The molecule has 0 heterocycles. The minimum atomic E-state index is -0.445. The molecule has 0 aliphatic rings. The van der Waals surface area contributed by atoms with Gasteiger partial charge in [0.05, 0.1) is 18.7 Å². The summed E-state index contributed by atoms with van der Waals surface area (Å²) in [5.41, 5.74) is 0.276. The average molecular weight is 331 g/mol. The first-order valence-corrected chi connectivity index (χ1v) is 6.96. The third-order valence-corrected chi connectivity index (χ3v) is 2.76. The van der Waals surface area contributed by atoms with Gasteiger partial charge in [0.15, 0.2) is 5.11 Å². The van der Waals surface area contributed by atoms with Crippen LogP contribution in [0.2, 0.25) is 5.02 Å². The van der Waals surface area contributed by atoms with E-state index in [2.05, 4.69) is 10.6 Å². The van der Waals surface area contributed by atoms with E-state index < -0.39 is 11.9 Å². The van der Waals surface area contributed by atoms with Gasteiger partial charge in [0, 0.05) is 11.4 Å². The number of thiocarbonyl (C=S) groups is 1. The molecule has 0 aliphatic heterocycles. The molecule has 0 spiro atoms. The summed E-state index contributed by atoms with van der Waals surface area (Å²) in [7, 11) is 0. The lowest BCUT2D eigenvalue weighted by molar-refractivity contribution is -0.144. The number of halogens is 1. The zero-order valence-electron chi connectivity index (χ0n) is 11.3. The number of carbonyl (C=O) groups is 2. The molecule has 1 rings (SSSR count). The van der Waals surface area contributed by atoms with E-state index in [1.165, 1.54) is 18.2 Å². The summed E-state index contributed by atoms with van der Waals surface area (Å²) in [6.45, 7) is 1.96. The Labute approximate surface area is 132 Å². The fourth-order valence-electron chi connectivity index (χ4n) is 1.40. The van der Waals surface area contributed by atoms with Crippen molar-refractivity contribution in [2.75, 3.05) is 11.9 Å². The first kappa shape index (κ1) is 17.2. The van der Waals surface area contributed by atoms with E-state index in [9.17, 15) is 14.7 Å². The standard InChI is InChI=1S/C13H15ClN2O4S/c1-2-20-12(19)6-5-11(18)16-13(21)15-9-7-8(14)3-4-10(9)17/h3-4,7,17H,2,5-6H2,1H3,(H2,15,16,18,21). The Balaban J connectivity index is 2.44. The third-order valence-electron chi connectivity index (χ3n) is 2.32. The van der Waals surface area contributed by atoms with Crippen molar-refractivity contribution >= 4 is 46.5 Å². The van der Waals surface area contributed by atoms with E-state index in [0.717, 1.165) is 0 Å². The number of nitrogens with one attached hydrogen (secondary N) is 2. The van der Waals surface area contributed by atoms with Gasteiger partial charge in [0.25, 0.3) is 0 Å². The van der Waals surface area contributed by atoms with Gasteiger partial charge in [-0.3, -0.25) is 9.59 Å². The van der Waals surface area contributed by atoms with Crippen molar-refractivity contribution in [2.45, 2.75) is 19.8 Å². The van der Waals surface area contributed by atoms with Gasteiger partial charge in [-0.2, -0.15) is 0 Å². The molecule has 21 heavy (non-hydrogen) atoms. The fourth-order valence-corrected chi connectivity index (χ4v) is 1.80. The molecule has 0 saturated carbocycles. The van der Waals surface area contributed by atoms with Crippen molar-refractivity contribution in [1.29, 1.82) is 0 Å². The number of phenolic OH excluding ortho intramolecular Hbond substituents is 1. The van der Waals surface area contributed by atoms with Crippen LogP contribution < -0.4 is 10.6 Å². The van der Waals surface area contributed by atoms with Crippen LogP contribution in [0.1, 0.15) is 19.8 Å². The van der Waals surface area contributed by atoms with Crippen LogP contribution in [0.25, 0.3) is 0 Å². The molecule has 0 aliphatic carbocycles. The Hall–Kier alpha value is -1.86. The normalized spacial score (nSPS) is 9.81. The lowest BCUT2D eigenvalue weighted by Gasteiger charge is -2.11. The molecule has 1 amide bonds. The van der Waals surface area contributed by atoms with Crippen molar-refractivity contribution in [2.24, 2.45) is 0 Å². The number of amides is 1. The Morgan fingerprint density at radius 3 is 2.76 bits per heavy atom. The lowest BCUT2D eigenvalue weighted by atomic mass is 10.3. The second-order valence-corrected chi connectivity index (χ2v) is 4.81. The monoisotopic (exact) mass is 330 g/mol. The average Bonchev–Trinajstić information content (AvgIpc) is 2.41. The van der Waals surface area contributed by atoms with Crippen LogP contribution in [0.4, 0.5) is 5.69 Å². The largest absolute Gasteiger partial charge is 0.506 e. The highest BCUT2D eigenvalue weighted by molar-refractivity contribution is 7.80. The lowest BCUT2D eigenvalue weighted by Crippen LogP contribution is -2.34. The van der Waals surface area contributed by atoms with Crippen molar-refractivity contribution in [3.05, 3.63) is 23.2 Å². The number of carbonyl (C=O) groups excluding carboxylic acids is 2. The summed E-state index contributed by atoms with van der Waals surface area (Å²) < 4.78 is 4.71. The molecule has 1 aromatic carbocycles. The topological polar surface area (TPSA) is 87.7 Å². The fraction of sp³-hybridized carbons (Fsp3) is 0.308. The maximum atomic E-state index is 11.6. The van der Waals surface area contributed by atoms with E-state index in [1.54, 1.807) is 6.92 Å². The molecule has 8 heteroatoms. The molecular weight excluding hydrogens is 316 g/mol. The van der Waals surface area contributed by atoms with E-state index >= 15 is 0 Å². The van der Waals surface area contributed by atoms with E-state index in [0.29, 0.717) is 5.02 Å². The number of hydrogen-bond donors (Lipinski definition) is 3. The maximum absolute atomic E-state index is 11.6. The number of anilines is 1. The summed E-state index contributed by atoms with van der Waals surface area (Å²) in [4.78, 5) is 22.7. The second kappa shape index (κ2) is 8.43. The van der Waals surface area contributed by atoms with E-state index in [1.807, 2.05) is 0 Å². The summed E-state index contributed by atoms with van der Waals surface area (Å²) in [5.74, 6) is -0.927. The SMILES string of the molecule is CCOC(=O)CCC(=O)NC(=S)Nc1cc(Cl)ccc1O.